The van der Waals surface area contributed by atoms with Gasteiger partial charge in [-0.05, 0) is 43.2 Å². The number of hydrogen-bond donors (Lipinski definition) is 2. The highest BCUT2D eigenvalue weighted by molar-refractivity contribution is 5.91. The van der Waals surface area contributed by atoms with Crippen molar-refractivity contribution in [2.45, 2.75) is 69.5 Å². The molecule has 2 unspecified atom stereocenters. The second-order valence-corrected chi connectivity index (χ2v) is 8.82. The van der Waals surface area contributed by atoms with E-state index in [1.54, 1.807) is 4.90 Å². The summed E-state index contributed by atoms with van der Waals surface area (Å²) in [5.74, 6) is -0.00843. The zero-order valence-electron chi connectivity index (χ0n) is 18.1. The summed E-state index contributed by atoms with van der Waals surface area (Å²) in [4.78, 5) is 28.0. The second-order valence-electron chi connectivity index (χ2n) is 8.82. The molecule has 2 N–H and O–H groups in total. The molecule has 1 aliphatic carbocycles. The SMILES string of the molecule is O=C(NC1CCCCC1)C1C(Cc2ccccc2)NC(=O)N1CCCc1ccccc1. The summed E-state index contributed by atoms with van der Waals surface area (Å²) in [6.07, 6.45) is 8.05. The molecule has 5 nitrogen and oxygen atoms in total. The van der Waals surface area contributed by atoms with E-state index in [2.05, 4.69) is 34.9 Å². The molecule has 2 aromatic carbocycles. The summed E-state index contributed by atoms with van der Waals surface area (Å²) in [6, 6.07) is 19.8. The molecule has 2 aromatic rings. The van der Waals surface area contributed by atoms with Gasteiger partial charge in [-0.3, -0.25) is 4.79 Å². The largest absolute Gasteiger partial charge is 0.352 e. The molecule has 2 atom stereocenters. The van der Waals surface area contributed by atoms with Crippen LogP contribution < -0.4 is 10.6 Å². The average molecular weight is 420 g/mol. The highest BCUT2D eigenvalue weighted by atomic mass is 16.2. The molecular weight excluding hydrogens is 386 g/mol. The van der Waals surface area contributed by atoms with Gasteiger partial charge in [0.05, 0.1) is 6.04 Å². The van der Waals surface area contributed by atoms with Crippen molar-refractivity contribution in [2.24, 2.45) is 0 Å². The van der Waals surface area contributed by atoms with Crippen molar-refractivity contribution in [3.63, 3.8) is 0 Å². The van der Waals surface area contributed by atoms with Crippen LogP contribution in [0.1, 0.15) is 49.7 Å². The molecule has 164 valence electrons. The highest BCUT2D eigenvalue weighted by Crippen LogP contribution is 2.22. The van der Waals surface area contributed by atoms with Gasteiger partial charge in [0.1, 0.15) is 6.04 Å². The van der Waals surface area contributed by atoms with Crippen LogP contribution in [0.4, 0.5) is 4.79 Å². The first kappa shape index (κ1) is 21.4. The Labute approximate surface area is 185 Å². The zero-order valence-corrected chi connectivity index (χ0v) is 18.1. The van der Waals surface area contributed by atoms with Crippen LogP contribution in [0.5, 0.6) is 0 Å². The number of nitrogens with zero attached hydrogens (tertiary/aromatic N) is 1. The maximum absolute atomic E-state index is 13.4. The van der Waals surface area contributed by atoms with Gasteiger partial charge in [0.25, 0.3) is 0 Å². The minimum Gasteiger partial charge on any atom is -0.352 e. The van der Waals surface area contributed by atoms with Crippen molar-refractivity contribution in [1.29, 1.82) is 0 Å². The first-order chi connectivity index (χ1) is 15.2. The summed E-state index contributed by atoms with van der Waals surface area (Å²) < 4.78 is 0. The predicted octanol–water partition coefficient (Wildman–Crippen LogP) is 4.07. The van der Waals surface area contributed by atoms with Gasteiger partial charge >= 0.3 is 6.03 Å². The summed E-state index contributed by atoms with van der Waals surface area (Å²) in [5, 5.41) is 6.36. The Hall–Kier alpha value is -2.82. The van der Waals surface area contributed by atoms with Crippen LogP contribution in [-0.2, 0) is 17.6 Å². The lowest BCUT2D eigenvalue weighted by molar-refractivity contribution is -0.126. The fourth-order valence-electron chi connectivity index (χ4n) is 4.89. The van der Waals surface area contributed by atoms with E-state index in [0.717, 1.165) is 31.2 Å². The molecule has 5 heteroatoms. The minimum atomic E-state index is -0.467. The molecule has 1 saturated carbocycles. The van der Waals surface area contributed by atoms with Gasteiger partial charge in [-0.2, -0.15) is 0 Å². The Morgan fingerprint density at radius 2 is 1.58 bits per heavy atom. The van der Waals surface area contributed by atoms with E-state index in [-0.39, 0.29) is 24.0 Å². The van der Waals surface area contributed by atoms with Crippen LogP contribution in [0.15, 0.2) is 60.7 Å². The fraction of sp³-hybridized carbons (Fsp3) is 0.462. The van der Waals surface area contributed by atoms with Gasteiger partial charge in [-0.15, -0.1) is 0 Å². The molecule has 0 radical (unpaired) electrons. The lowest BCUT2D eigenvalue weighted by Crippen LogP contribution is -2.52. The first-order valence-corrected chi connectivity index (χ1v) is 11.7. The summed E-state index contributed by atoms with van der Waals surface area (Å²) in [7, 11) is 0. The van der Waals surface area contributed by atoms with Crippen molar-refractivity contribution in [1.82, 2.24) is 15.5 Å². The maximum atomic E-state index is 13.4. The summed E-state index contributed by atoms with van der Waals surface area (Å²) in [5.41, 5.74) is 2.39. The van der Waals surface area contributed by atoms with Crippen molar-refractivity contribution in [3.05, 3.63) is 71.8 Å². The highest BCUT2D eigenvalue weighted by Gasteiger charge is 2.43. The smallest absolute Gasteiger partial charge is 0.318 e. The number of urea groups is 1. The van der Waals surface area contributed by atoms with Gasteiger partial charge in [0, 0.05) is 12.6 Å². The standard InChI is InChI=1S/C26H33N3O2/c30-25(27-22-16-8-3-9-17-22)24-23(19-21-13-6-2-7-14-21)28-26(31)29(24)18-10-15-20-11-4-1-5-12-20/h1-2,4-7,11-14,22-24H,3,8-10,15-19H2,(H,27,30)(H,28,31). The van der Waals surface area contributed by atoms with Crippen LogP contribution in [0.25, 0.3) is 0 Å². The Bertz CT molecular complexity index is 849. The van der Waals surface area contributed by atoms with E-state index in [1.165, 1.54) is 24.8 Å². The Morgan fingerprint density at radius 3 is 2.26 bits per heavy atom. The molecule has 2 fully saturated rings. The van der Waals surface area contributed by atoms with E-state index in [0.29, 0.717) is 13.0 Å². The Morgan fingerprint density at radius 1 is 0.935 bits per heavy atom. The van der Waals surface area contributed by atoms with Gasteiger partial charge in [-0.25, -0.2) is 4.79 Å². The average Bonchev–Trinajstić information content (AvgIpc) is 3.10. The first-order valence-electron chi connectivity index (χ1n) is 11.7. The van der Waals surface area contributed by atoms with Crippen molar-refractivity contribution >= 4 is 11.9 Å². The number of nitrogens with one attached hydrogen (secondary N) is 2. The van der Waals surface area contributed by atoms with Crippen molar-refractivity contribution in [2.75, 3.05) is 6.54 Å². The second kappa shape index (κ2) is 10.5. The Balaban J connectivity index is 1.45. The number of hydrogen-bond acceptors (Lipinski definition) is 2. The van der Waals surface area contributed by atoms with E-state index in [4.69, 9.17) is 0 Å². The maximum Gasteiger partial charge on any atom is 0.318 e. The van der Waals surface area contributed by atoms with Crippen LogP contribution in [-0.4, -0.2) is 41.5 Å². The topological polar surface area (TPSA) is 61.4 Å². The predicted molar refractivity (Wildman–Crippen MR) is 123 cm³/mol. The van der Waals surface area contributed by atoms with Crippen molar-refractivity contribution < 1.29 is 9.59 Å². The van der Waals surface area contributed by atoms with Crippen LogP contribution in [0, 0.1) is 0 Å². The third kappa shape index (κ3) is 5.66. The van der Waals surface area contributed by atoms with Crippen molar-refractivity contribution in [3.8, 4) is 0 Å². The van der Waals surface area contributed by atoms with Gasteiger partial charge in [0.2, 0.25) is 5.91 Å². The van der Waals surface area contributed by atoms with E-state index in [1.807, 2.05) is 36.4 Å². The van der Waals surface area contributed by atoms with Gasteiger partial charge < -0.3 is 15.5 Å². The van der Waals surface area contributed by atoms with Gasteiger partial charge in [0.15, 0.2) is 0 Å². The number of aryl methyl sites for hydroxylation is 1. The number of benzene rings is 2. The van der Waals surface area contributed by atoms with Crippen LogP contribution in [0.2, 0.25) is 0 Å². The van der Waals surface area contributed by atoms with Crippen LogP contribution in [0.3, 0.4) is 0 Å². The fourth-order valence-corrected chi connectivity index (χ4v) is 4.89. The van der Waals surface area contributed by atoms with E-state index in [9.17, 15) is 9.59 Å². The lowest BCUT2D eigenvalue weighted by Gasteiger charge is -2.29. The molecule has 1 heterocycles. The normalized spacial score (nSPS) is 21.7. The van der Waals surface area contributed by atoms with Crippen LogP contribution >= 0.6 is 0 Å². The molecule has 2 aliphatic rings. The monoisotopic (exact) mass is 419 g/mol. The lowest BCUT2D eigenvalue weighted by atomic mass is 9.94. The Kier molecular flexibility index (Phi) is 7.23. The number of carbonyl (C=O) groups excluding carboxylic acids is 2. The molecule has 3 amide bonds. The molecular formula is C26H33N3O2. The number of amides is 3. The molecule has 0 aromatic heterocycles. The van der Waals surface area contributed by atoms with Gasteiger partial charge in [-0.1, -0.05) is 79.9 Å². The van der Waals surface area contributed by atoms with E-state index < -0.39 is 6.04 Å². The summed E-state index contributed by atoms with van der Waals surface area (Å²) in [6.45, 7) is 0.578. The minimum absolute atomic E-state index is 0.00843. The summed E-state index contributed by atoms with van der Waals surface area (Å²) >= 11 is 0. The molecule has 0 spiro atoms. The molecule has 31 heavy (non-hydrogen) atoms. The molecule has 0 bridgehead atoms. The molecule has 1 aliphatic heterocycles. The molecule has 1 saturated heterocycles. The number of carbonyl (C=O) groups is 2. The number of rotatable bonds is 8. The zero-order chi connectivity index (χ0) is 21.5. The quantitative estimate of drug-likeness (QED) is 0.677. The third-order valence-corrected chi connectivity index (χ3v) is 6.51. The molecule has 4 rings (SSSR count). The van der Waals surface area contributed by atoms with E-state index >= 15 is 0 Å². The third-order valence-electron chi connectivity index (χ3n) is 6.51.